The van der Waals surface area contributed by atoms with Crippen molar-refractivity contribution in [1.29, 1.82) is 0 Å². The average Bonchev–Trinajstić information content (AvgIpc) is 2.34. The van der Waals surface area contributed by atoms with Crippen LogP contribution in [0.2, 0.25) is 0 Å². The molecule has 1 rings (SSSR count). The summed E-state index contributed by atoms with van der Waals surface area (Å²) in [5.41, 5.74) is 1.15. The van der Waals surface area contributed by atoms with Gasteiger partial charge in [-0.05, 0) is 38.1 Å². The third-order valence-electron chi connectivity index (χ3n) is 2.67. The molecular weight excluding hydrogens is 220 g/mol. The Hall–Kier alpha value is -0.600. The highest BCUT2D eigenvalue weighted by atomic mass is 35.5. The molecule has 0 saturated heterocycles. The van der Waals surface area contributed by atoms with Crippen LogP contribution < -0.4 is 0 Å². The van der Waals surface area contributed by atoms with E-state index in [2.05, 4.69) is 22.9 Å². The molecule has 0 amide bonds. The van der Waals surface area contributed by atoms with Gasteiger partial charge in [-0.15, -0.1) is 11.6 Å². The van der Waals surface area contributed by atoms with E-state index in [-0.39, 0.29) is 0 Å². The number of halogens is 1. The lowest BCUT2D eigenvalue weighted by molar-refractivity contribution is 0.270. The van der Waals surface area contributed by atoms with E-state index in [1.54, 1.807) is 0 Å². The molecule has 0 saturated carbocycles. The van der Waals surface area contributed by atoms with Gasteiger partial charge < -0.3 is 0 Å². The van der Waals surface area contributed by atoms with Crippen LogP contribution >= 0.6 is 11.6 Å². The monoisotopic (exact) mass is 240 g/mol. The summed E-state index contributed by atoms with van der Waals surface area (Å²) in [6, 6.07) is 6.09. The Labute approximate surface area is 104 Å². The summed E-state index contributed by atoms with van der Waals surface area (Å²) < 4.78 is 0. The van der Waals surface area contributed by atoms with Gasteiger partial charge in [-0.2, -0.15) is 0 Å². The standard InChI is InChI=1S/C13H21ClN2/c1-2-16(11-7-3-5-9-14)12-13-8-4-6-10-15-13/h4,6,8,10H,2-3,5,7,9,11-12H2,1H3. The molecule has 1 aromatic rings. The van der Waals surface area contributed by atoms with Crippen LogP contribution in [0.3, 0.4) is 0 Å². The van der Waals surface area contributed by atoms with Crippen molar-refractivity contribution in [2.45, 2.75) is 32.7 Å². The zero-order valence-electron chi connectivity index (χ0n) is 10.0. The van der Waals surface area contributed by atoms with E-state index in [1.807, 2.05) is 18.3 Å². The predicted molar refractivity (Wildman–Crippen MR) is 69.8 cm³/mol. The van der Waals surface area contributed by atoms with E-state index in [1.165, 1.54) is 12.8 Å². The van der Waals surface area contributed by atoms with E-state index < -0.39 is 0 Å². The molecule has 0 fully saturated rings. The van der Waals surface area contributed by atoms with Gasteiger partial charge in [0.15, 0.2) is 0 Å². The van der Waals surface area contributed by atoms with Crippen molar-refractivity contribution < 1.29 is 0 Å². The van der Waals surface area contributed by atoms with Crippen LogP contribution in [0, 0.1) is 0 Å². The Morgan fingerprint density at radius 2 is 2.12 bits per heavy atom. The highest BCUT2D eigenvalue weighted by molar-refractivity contribution is 6.17. The number of pyridine rings is 1. The maximum Gasteiger partial charge on any atom is 0.0543 e. The fourth-order valence-electron chi connectivity index (χ4n) is 1.68. The number of rotatable bonds is 8. The van der Waals surface area contributed by atoms with Crippen molar-refractivity contribution >= 4 is 11.6 Å². The molecule has 3 heteroatoms. The molecule has 0 aliphatic heterocycles. The number of aromatic nitrogens is 1. The first-order valence-electron chi connectivity index (χ1n) is 6.05. The van der Waals surface area contributed by atoms with E-state index in [9.17, 15) is 0 Å². The second-order valence-corrected chi connectivity index (χ2v) is 4.32. The van der Waals surface area contributed by atoms with Crippen molar-refractivity contribution in [3.05, 3.63) is 30.1 Å². The summed E-state index contributed by atoms with van der Waals surface area (Å²) in [4.78, 5) is 6.78. The summed E-state index contributed by atoms with van der Waals surface area (Å²) in [5.74, 6) is 0.784. The quantitative estimate of drug-likeness (QED) is 0.512. The zero-order valence-corrected chi connectivity index (χ0v) is 10.8. The zero-order chi connectivity index (χ0) is 11.6. The number of unbranched alkanes of at least 4 members (excludes halogenated alkanes) is 2. The van der Waals surface area contributed by atoms with E-state index in [0.717, 1.165) is 37.6 Å². The summed E-state index contributed by atoms with van der Waals surface area (Å²) >= 11 is 5.66. The van der Waals surface area contributed by atoms with Gasteiger partial charge in [0.05, 0.1) is 5.69 Å². The second-order valence-electron chi connectivity index (χ2n) is 3.94. The molecule has 0 radical (unpaired) electrons. The van der Waals surface area contributed by atoms with E-state index >= 15 is 0 Å². The highest BCUT2D eigenvalue weighted by Gasteiger charge is 2.03. The van der Waals surface area contributed by atoms with Gasteiger partial charge in [-0.25, -0.2) is 0 Å². The molecule has 0 aliphatic rings. The number of hydrogen-bond donors (Lipinski definition) is 0. The molecule has 1 heterocycles. The minimum absolute atomic E-state index is 0.784. The largest absolute Gasteiger partial charge is 0.298 e. The second kappa shape index (κ2) is 8.54. The van der Waals surface area contributed by atoms with Crippen LogP contribution in [0.15, 0.2) is 24.4 Å². The number of hydrogen-bond acceptors (Lipinski definition) is 2. The lowest BCUT2D eigenvalue weighted by atomic mass is 10.2. The normalized spacial score (nSPS) is 10.9. The minimum Gasteiger partial charge on any atom is -0.298 e. The van der Waals surface area contributed by atoms with Crippen molar-refractivity contribution in [1.82, 2.24) is 9.88 Å². The Bertz CT molecular complexity index is 264. The molecule has 2 nitrogen and oxygen atoms in total. The highest BCUT2D eigenvalue weighted by Crippen LogP contribution is 2.04. The summed E-state index contributed by atoms with van der Waals surface area (Å²) in [6.45, 7) is 5.38. The van der Waals surface area contributed by atoms with Gasteiger partial charge in [0.2, 0.25) is 0 Å². The summed E-state index contributed by atoms with van der Waals surface area (Å²) in [5, 5.41) is 0. The molecule has 0 aliphatic carbocycles. The molecular formula is C13H21ClN2. The molecule has 90 valence electrons. The fraction of sp³-hybridized carbons (Fsp3) is 0.615. The number of nitrogens with zero attached hydrogens (tertiary/aromatic N) is 2. The van der Waals surface area contributed by atoms with Gasteiger partial charge in [0.25, 0.3) is 0 Å². The molecule has 1 aromatic heterocycles. The van der Waals surface area contributed by atoms with Crippen molar-refractivity contribution in [2.75, 3.05) is 19.0 Å². The van der Waals surface area contributed by atoms with Crippen molar-refractivity contribution in [2.24, 2.45) is 0 Å². The van der Waals surface area contributed by atoms with Gasteiger partial charge in [-0.1, -0.05) is 19.4 Å². The molecule has 16 heavy (non-hydrogen) atoms. The van der Waals surface area contributed by atoms with Gasteiger partial charge >= 0.3 is 0 Å². The van der Waals surface area contributed by atoms with Gasteiger partial charge in [-0.3, -0.25) is 9.88 Å². The Morgan fingerprint density at radius 1 is 1.25 bits per heavy atom. The average molecular weight is 241 g/mol. The summed E-state index contributed by atoms with van der Waals surface area (Å²) in [6.07, 6.45) is 5.44. The van der Waals surface area contributed by atoms with Crippen molar-refractivity contribution in [3.63, 3.8) is 0 Å². The minimum atomic E-state index is 0.784. The fourth-order valence-corrected chi connectivity index (χ4v) is 1.87. The first kappa shape index (κ1) is 13.5. The Kier molecular flexibility index (Phi) is 7.19. The molecule has 0 N–H and O–H groups in total. The Balaban J connectivity index is 2.26. The SMILES string of the molecule is CCN(CCCCCCl)Cc1ccccn1. The third kappa shape index (κ3) is 5.47. The third-order valence-corrected chi connectivity index (χ3v) is 2.93. The van der Waals surface area contributed by atoms with Crippen LogP contribution in [-0.2, 0) is 6.54 Å². The van der Waals surface area contributed by atoms with E-state index in [4.69, 9.17) is 11.6 Å². The number of alkyl halides is 1. The maximum absolute atomic E-state index is 5.66. The smallest absolute Gasteiger partial charge is 0.0543 e. The van der Waals surface area contributed by atoms with Crippen LogP contribution in [0.5, 0.6) is 0 Å². The lowest BCUT2D eigenvalue weighted by Crippen LogP contribution is -2.24. The topological polar surface area (TPSA) is 16.1 Å². The lowest BCUT2D eigenvalue weighted by Gasteiger charge is -2.19. The molecule has 0 atom stereocenters. The predicted octanol–water partition coefficient (Wildman–Crippen LogP) is 3.31. The molecule has 0 aromatic carbocycles. The van der Waals surface area contributed by atoms with Gasteiger partial charge in [0, 0.05) is 18.6 Å². The van der Waals surface area contributed by atoms with Crippen LogP contribution in [0.4, 0.5) is 0 Å². The summed E-state index contributed by atoms with van der Waals surface area (Å²) in [7, 11) is 0. The first-order valence-corrected chi connectivity index (χ1v) is 6.58. The maximum atomic E-state index is 5.66. The molecule has 0 unspecified atom stereocenters. The molecule has 0 spiro atoms. The van der Waals surface area contributed by atoms with E-state index in [0.29, 0.717) is 0 Å². The molecule has 0 bridgehead atoms. The first-order chi connectivity index (χ1) is 7.86. The van der Waals surface area contributed by atoms with Crippen molar-refractivity contribution in [3.8, 4) is 0 Å². The van der Waals surface area contributed by atoms with Crippen LogP contribution in [0.1, 0.15) is 31.9 Å². The van der Waals surface area contributed by atoms with Gasteiger partial charge in [0.1, 0.15) is 0 Å². The van der Waals surface area contributed by atoms with Crippen LogP contribution in [-0.4, -0.2) is 28.9 Å². The Morgan fingerprint density at radius 3 is 2.75 bits per heavy atom. The van der Waals surface area contributed by atoms with Crippen LogP contribution in [0.25, 0.3) is 0 Å².